The molecule has 1 fully saturated rings. The number of benzene rings is 1. The van der Waals surface area contributed by atoms with E-state index in [1.165, 1.54) is 6.07 Å². The van der Waals surface area contributed by atoms with Crippen molar-refractivity contribution in [2.75, 3.05) is 5.32 Å². The Morgan fingerprint density at radius 1 is 1.20 bits per heavy atom. The van der Waals surface area contributed by atoms with Crippen LogP contribution in [0.2, 0.25) is 0 Å². The number of rotatable bonds is 3. The lowest BCUT2D eigenvalue weighted by atomic mass is 10.2. The molecule has 0 spiro atoms. The van der Waals surface area contributed by atoms with Gasteiger partial charge >= 0.3 is 6.18 Å². The zero-order chi connectivity index (χ0) is 21.0. The molecule has 0 bridgehead atoms. The smallest absolute Gasteiger partial charge is 0.319 e. The Labute approximate surface area is 176 Å². The highest BCUT2D eigenvalue weighted by Gasteiger charge is 2.37. The lowest BCUT2D eigenvalue weighted by Crippen LogP contribution is -2.16. The normalized spacial score (nSPS) is 14.4. The fourth-order valence-electron chi connectivity index (χ4n) is 3.32. The molecule has 0 radical (unpaired) electrons. The highest BCUT2D eigenvalue weighted by Crippen LogP contribution is 2.41. The van der Waals surface area contributed by atoms with E-state index in [1.807, 2.05) is 6.07 Å². The maximum absolute atomic E-state index is 13.5. The van der Waals surface area contributed by atoms with Gasteiger partial charge in [-0.3, -0.25) is 9.78 Å². The predicted octanol–water partition coefficient (Wildman–Crippen LogP) is 5.19. The summed E-state index contributed by atoms with van der Waals surface area (Å²) in [6.07, 6.45) is -1.40. The van der Waals surface area contributed by atoms with Gasteiger partial charge in [-0.15, -0.1) is 0 Å². The zero-order valence-electron chi connectivity index (χ0n) is 15.2. The molecule has 30 heavy (non-hydrogen) atoms. The zero-order valence-corrected chi connectivity index (χ0v) is 16.8. The van der Waals surface area contributed by atoms with E-state index in [2.05, 4.69) is 36.3 Å². The lowest BCUT2D eigenvalue weighted by Gasteiger charge is -2.10. The Bertz CT molecular complexity index is 1310. The first-order chi connectivity index (χ1) is 14.3. The summed E-state index contributed by atoms with van der Waals surface area (Å²) in [6.45, 7) is 0. The van der Waals surface area contributed by atoms with Crippen LogP contribution in [-0.4, -0.2) is 25.5 Å². The van der Waals surface area contributed by atoms with Crippen LogP contribution in [0.15, 0.2) is 47.1 Å². The third-order valence-electron chi connectivity index (χ3n) is 4.93. The fourth-order valence-corrected chi connectivity index (χ4v) is 3.77. The molecule has 4 aromatic rings. The maximum atomic E-state index is 13.5. The van der Waals surface area contributed by atoms with Gasteiger partial charge in [0, 0.05) is 33.7 Å². The number of amides is 1. The van der Waals surface area contributed by atoms with Crippen LogP contribution in [0.3, 0.4) is 0 Å². The van der Waals surface area contributed by atoms with Crippen molar-refractivity contribution < 1.29 is 18.0 Å². The van der Waals surface area contributed by atoms with Crippen molar-refractivity contribution in [1.29, 1.82) is 0 Å². The first kappa shape index (κ1) is 19.0. The highest BCUT2D eigenvalue weighted by molar-refractivity contribution is 9.10. The molecule has 5 rings (SSSR count). The Kier molecular flexibility index (Phi) is 4.28. The Hall–Kier alpha value is -3.01. The van der Waals surface area contributed by atoms with Gasteiger partial charge in [-0.1, -0.05) is 22.0 Å². The number of alkyl halides is 3. The molecule has 1 aliphatic rings. The first-order valence-corrected chi connectivity index (χ1v) is 9.93. The largest absolute Gasteiger partial charge is 0.433 e. The summed E-state index contributed by atoms with van der Waals surface area (Å²) in [5.74, 6) is -0.612. The van der Waals surface area contributed by atoms with Gasteiger partial charge in [-0.2, -0.15) is 18.3 Å². The summed E-state index contributed by atoms with van der Waals surface area (Å²) < 4.78 is 42.1. The number of pyridine rings is 1. The second-order valence-corrected chi connectivity index (χ2v) is 7.94. The summed E-state index contributed by atoms with van der Waals surface area (Å²) in [5, 5.41) is 7.37. The van der Waals surface area contributed by atoms with Gasteiger partial charge in [0.1, 0.15) is 5.69 Å². The highest BCUT2D eigenvalue weighted by atomic mass is 79.9. The topological polar surface area (TPSA) is 72.2 Å². The molecule has 1 N–H and O–H groups in total. The van der Waals surface area contributed by atoms with Crippen LogP contribution in [-0.2, 0) is 6.18 Å². The average Bonchev–Trinajstić information content (AvgIpc) is 3.47. The van der Waals surface area contributed by atoms with Crippen molar-refractivity contribution in [3.8, 4) is 0 Å². The van der Waals surface area contributed by atoms with Crippen LogP contribution in [0, 0.1) is 0 Å². The van der Waals surface area contributed by atoms with Crippen molar-refractivity contribution in [1.82, 2.24) is 19.6 Å². The van der Waals surface area contributed by atoms with E-state index < -0.39 is 17.8 Å². The van der Waals surface area contributed by atoms with Gasteiger partial charge in [-0.25, -0.2) is 9.50 Å². The first-order valence-electron chi connectivity index (χ1n) is 9.14. The molecule has 10 heteroatoms. The minimum absolute atomic E-state index is 0.00401. The number of fused-ring (bicyclic) bond motifs is 2. The summed E-state index contributed by atoms with van der Waals surface area (Å²) in [4.78, 5) is 21.3. The van der Waals surface area contributed by atoms with Crippen LogP contribution in [0.4, 0.5) is 18.9 Å². The van der Waals surface area contributed by atoms with Gasteiger partial charge in [0.25, 0.3) is 5.91 Å². The summed E-state index contributed by atoms with van der Waals surface area (Å²) in [7, 11) is 0. The Morgan fingerprint density at radius 3 is 2.73 bits per heavy atom. The number of nitrogens with zero attached hydrogens (tertiary/aromatic N) is 4. The molecule has 3 heterocycles. The van der Waals surface area contributed by atoms with Gasteiger partial charge in [0.2, 0.25) is 0 Å². The molecule has 6 nitrogen and oxygen atoms in total. The molecular formula is C20H13BrF3N5O. The number of carbonyl (C=O) groups is 1. The van der Waals surface area contributed by atoms with E-state index in [0.29, 0.717) is 21.4 Å². The van der Waals surface area contributed by atoms with E-state index >= 15 is 0 Å². The van der Waals surface area contributed by atoms with E-state index in [4.69, 9.17) is 0 Å². The maximum Gasteiger partial charge on any atom is 0.433 e. The third kappa shape index (κ3) is 3.30. The van der Waals surface area contributed by atoms with Crippen LogP contribution in [0.25, 0.3) is 16.6 Å². The standard InChI is InChI=1S/C20H13BrF3N5O/c21-12-5-6-13(18-11(12)2-1-7-25-18)27-19(30)15-9-17-26-14(10-3-4-10)8-16(20(22,23)24)29(17)28-15/h1-2,5-10H,3-4H2,(H,27,30). The monoisotopic (exact) mass is 475 g/mol. The molecule has 1 aliphatic carbocycles. The van der Waals surface area contributed by atoms with E-state index in [9.17, 15) is 18.0 Å². The summed E-state index contributed by atoms with van der Waals surface area (Å²) >= 11 is 3.43. The third-order valence-corrected chi connectivity index (χ3v) is 5.62. The van der Waals surface area contributed by atoms with Crippen LogP contribution < -0.4 is 5.32 Å². The van der Waals surface area contributed by atoms with E-state index in [1.54, 1.807) is 24.4 Å². The quantitative estimate of drug-likeness (QED) is 0.442. The van der Waals surface area contributed by atoms with Gasteiger partial charge in [-0.05, 0) is 37.1 Å². The average molecular weight is 476 g/mol. The molecule has 0 atom stereocenters. The van der Waals surface area contributed by atoms with Crippen LogP contribution >= 0.6 is 15.9 Å². The van der Waals surface area contributed by atoms with E-state index in [-0.39, 0.29) is 17.3 Å². The van der Waals surface area contributed by atoms with Gasteiger partial charge in [0.05, 0.1) is 11.2 Å². The SMILES string of the molecule is O=C(Nc1ccc(Br)c2cccnc12)c1cc2nc(C3CC3)cc(C(F)(F)F)n2n1. The number of hydrogen-bond acceptors (Lipinski definition) is 4. The molecule has 1 saturated carbocycles. The molecule has 1 amide bonds. The fraction of sp³-hybridized carbons (Fsp3) is 0.200. The summed E-state index contributed by atoms with van der Waals surface area (Å²) in [5.41, 5.74) is 0.255. The number of hydrogen-bond donors (Lipinski definition) is 1. The second kappa shape index (κ2) is 6.76. The number of nitrogens with one attached hydrogen (secondary N) is 1. The van der Waals surface area contributed by atoms with Crippen molar-refractivity contribution in [2.45, 2.75) is 24.9 Å². The van der Waals surface area contributed by atoms with Crippen molar-refractivity contribution in [2.24, 2.45) is 0 Å². The number of halogens is 4. The lowest BCUT2D eigenvalue weighted by molar-refractivity contribution is -0.142. The molecular weight excluding hydrogens is 463 g/mol. The van der Waals surface area contributed by atoms with Crippen molar-refractivity contribution in [3.05, 3.63) is 64.1 Å². The second-order valence-electron chi connectivity index (χ2n) is 7.09. The van der Waals surface area contributed by atoms with Crippen molar-refractivity contribution in [3.63, 3.8) is 0 Å². The molecule has 0 aliphatic heterocycles. The number of carbonyl (C=O) groups excluding carboxylic acids is 1. The van der Waals surface area contributed by atoms with Crippen LogP contribution in [0.5, 0.6) is 0 Å². The summed E-state index contributed by atoms with van der Waals surface area (Å²) in [6, 6.07) is 9.32. The molecule has 0 saturated heterocycles. The molecule has 152 valence electrons. The Morgan fingerprint density at radius 2 is 2.00 bits per heavy atom. The Balaban J connectivity index is 1.55. The predicted molar refractivity (Wildman–Crippen MR) is 107 cm³/mol. The molecule has 0 unspecified atom stereocenters. The van der Waals surface area contributed by atoms with Gasteiger partial charge < -0.3 is 5.32 Å². The minimum atomic E-state index is -4.61. The number of aromatic nitrogens is 4. The number of anilines is 1. The molecule has 3 aromatic heterocycles. The van der Waals surface area contributed by atoms with E-state index in [0.717, 1.165) is 28.8 Å². The minimum Gasteiger partial charge on any atom is -0.319 e. The molecule has 1 aromatic carbocycles. The van der Waals surface area contributed by atoms with Crippen molar-refractivity contribution >= 4 is 44.1 Å². The van der Waals surface area contributed by atoms with Gasteiger partial charge in [0.15, 0.2) is 11.3 Å². The van der Waals surface area contributed by atoms with Crippen LogP contribution in [0.1, 0.15) is 40.6 Å².